The Bertz CT molecular complexity index is 1080. The number of nitrogens with zero attached hydrogens (tertiary/aromatic N) is 4. The van der Waals surface area contributed by atoms with Crippen LogP contribution in [0.4, 0.5) is 19.0 Å². The third kappa shape index (κ3) is 3.12. The molecule has 26 heavy (non-hydrogen) atoms. The quantitative estimate of drug-likeness (QED) is 0.518. The maximum Gasteiger partial charge on any atom is 0.453 e. The van der Waals surface area contributed by atoms with E-state index in [0.29, 0.717) is 23.3 Å². The molecule has 4 rings (SSSR count). The van der Waals surface area contributed by atoms with E-state index in [9.17, 15) is 13.2 Å². The number of H-pyrrole nitrogens is 1. The van der Waals surface area contributed by atoms with E-state index in [0.717, 1.165) is 20.9 Å². The third-order valence-corrected chi connectivity index (χ3v) is 4.44. The van der Waals surface area contributed by atoms with E-state index in [1.807, 2.05) is 24.4 Å². The maximum absolute atomic E-state index is 12.9. The van der Waals surface area contributed by atoms with Crippen molar-refractivity contribution in [3.8, 4) is 0 Å². The second-order valence-electron chi connectivity index (χ2n) is 5.69. The lowest BCUT2D eigenvalue weighted by Gasteiger charge is -2.07. The summed E-state index contributed by atoms with van der Waals surface area (Å²) in [6, 6.07) is 8.99. The SMILES string of the molecule is FC(F)(F)c1nnc2ccc(NCCc3c[nH]c4ccc(Br)cc34)nn12. The molecule has 6 nitrogen and oxygen atoms in total. The van der Waals surface area contributed by atoms with Gasteiger partial charge in [-0.05, 0) is 42.3 Å². The number of hydrogen-bond acceptors (Lipinski definition) is 4. The molecule has 0 aliphatic carbocycles. The van der Waals surface area contributed by atoms with Crippen LogP contribution < -0.4 is 5.32 Å². The Hall–Kier alpha value is -2.62. The number of aromatic nitrogens is 5. The number of hydrogen-bond donors (Lipinski definition) is 2. The molecule has 0 saturated heterocycles. The van der Waals surface area contributed by atoms with Crippen LogP contribution >= 0.6 is 15.9 Å². The fourth-order valence-electron chi connectivity index (χ4n) is 2.74. The first-order valence-electron chi connectivity index (χ1n) is 7.71. The van der Waals surface area contributed by atoms with Crippen LogP contribution in [0.2, 0.25) is 0 Å². The van der Waals surface area contributed by atoms with Gasteiger partial charge in [0.1, 0.15) is 5.82 Å². The summed E-state index contributed by atoms with van der Waals surface area (Å²) >= 11 is 3.45. The topological polar surface area (TPSA) is 70.9 Å². The van der Waals surface area contributed by atoms with Gasteiger partial charge in [-0.1, -0.05) is 15.9 Å². The second kappa shape index (κ2) is 6.27. The highest BCUT2D eigenvalue weighted by atomic mass is 79.9. The Morgan fingerprint density at radius 1 is 1.15 bits per heavy atom. The average Bonchev–Trinajstić information content (AvgIpc) is 3.18. The minimum Gasteiger partial charge on any atom is -0.368 e. The highest BCUT2D eigenvalue weighted by Crippen LogP contribution is 2.27. The molecule has 0 fully saturated rings. The number of aromatic amines is 1. The van der Waals surface area contributed by atoms with Crippen molar-refractivity contribution in [3.63, 3.8) is 0 Å². The normalized spacial score (nSPS) is 12.2. The minimum atomic E-state index is -4.61. The van der Waals surface area contributed by atoms with E-state index in [1.165, 1.54) is 6.07 Å². The molecule has 0 saturated carbocycles. The first-order valence-corrected chi connectivity index (χ1v) is 8.50. The average molecular weight is 425 g/mol. The molecule has 0 aliphatic rings. The van der Waals surface area contributed by atoms with Crippen molar-refractivity contribution in [1.29, 1.82) is 0 Å². The van der Waals surface area contributed by atoms with E-state index in [-0.39, 0.29) is 5.65 Å². The molecule has 0 radical (unpaired) electrons. The zero-order valence-electron chi connectivity index (χ0n) is 13.2. The zero-order chi connectivity index (χ0) is 18.3. The monoisotopic (exact) mass is 424 g/mol. The highest BCUT2D eigenvalue weighted by Gasteiger charge is 2.37. The summed E-state index contributed by atoms with van der Waals surface area (Å²) in [6.45, 7) is 0.515. The fraction of sp³-hybridized carbons (Fsp3) is 0.188. The molecule has 0 aliphatic heterocycles. The maximum atomic E-state index is 12.9. The number of benzene rings is 1. The van der Waals surface area contributed by atoms with Crippen molar-refractivity contribution in [2.45, 2.75) is 12.6 Å². The molecule has 1 aromatic carbocycles. The Kier molecular flexibility index (Phi) is 4.06. The first kappa shape index (κ1) is 16.8. The van der Waals surface area contributed by atoms with Crippen LogP contribution in [0.15, 0.2) is 41.0 Å². The molecular weight excluding hydrogens is 413 g/mol. The van der Waals surface area contributed by atoms with Crippen molar-refractivity contribution >= 4 is 38.3 Å². The summed E-state index contributed by atoms with van der Waals surface area (Å²) in [5, 5.41) is 14.7. The number of halogens is 4. The van der Waals surface area contributed by atoms with Gasteiger partial charge < -0.3 is 10.3 Å². The standard InChI is InChI=1S/C16H12BrF3N6/c17-10-1-2-12-11(7-10)9(8-22-12)5-6-21-13-3-4-14-23-24-15(16(18,19)20)26(14)25-13/h1-4,7-8,22H,5-6H2,(H,21,25). The van der Waals surface area contributed by atoms with Crippen molar-refractivity contribution in [3.05, 3.63) is 52.4 Å². The predicted octanol–water partition coefficient (Wildman–Crippen LogP) is 4.04. The van der Waals surface area contributed by atoms with E-state index >= 15 is 0 Å². The number of anilines is 1. The molecule has 10 heteroatoms. The van der Waals surface area contributed by atoms with Gasteiger partial charge in [0, 0.05) is 28.1 Å². The van der Waals surface area contributed by atoms with Gasteiger partial charge in [0.15, 0.2) is 5.65 Å². The van der Waals surface area contributed by atoms with Crippen LogP contribution in [0.1, 0.15) is 11.4 Å². The van der Waals surface area contributed by atoms with E-state index in [4.69, 9.17) is 0 Å². The summed E-state index contributed by atoms with van der Waals surface area (Å²) < 4.78 is 40.4. The molecule has 134 valence electrons. The number of alkyl halides is 3. The first-order chi connectivity index (χ1) is 12.4. The Morgan fingerprint density at radius 3 is 2.81 bits per heavy atom. The second-order valence-corrected chi connectivity index (χ2v) is 6.61. The van der Waals surface area contributed by atoms with Gasteiger partial charge in [0.25, 0.3) is 5.82 Å². The van der Waals surface area contributed by atoms with Crippen molar-refractivity contribution in [2.24, 2.45) is 0 Å². The van der Waals surface area contributed by atoms with Crippen molar-refractivity contribution < 1.29 is 13.2 Å². The van der Waals surface area contributed by atoms with Crippen LogP contribution in [0.5, 0.6) is 0 Å². The molecule has 0 bridgehead atoms. The molecule has 3 heterocycles. The third-order valence-electron chi connectivity index (χ3n) is 3.95. The van der Waals surface area contributed by atoms with E-state index < -0.39 is 12.0 Å². The lowest BCUT2D eigenvalue weighted by molar-refractivity contribution is -0.146. The highest BCUT2D eigenvalue weighted by molar-refractivity contribution is 9.10. The molecular formula is C16H12BrF3N6. The Labute approximate surface area is 153 Å². The van der Waals surface area contributed by atoms with Crippen LogP contribution in [0.25, 0.3) is 16.6 Å². The van der Waals surface area contributed by atoms with Crippen molar-refractivity contribution in [2.75, 3.05) is 11.9 Å². The lowest BCUT2D eigenvalue weighted by Crippen LogP contribution is -2.14. The zero-order valence-corrected chi connectivity index (χ0v) is 14.8. The van der Waals surface area contributed by atoms with E-state index in [2.05, 4.69) is 41.5 Å². The number of rotatable bonds is 4. The molecule has 0 amide bonds. The summed E-state index contributed by atoms with van der Waals surface area (Å²) in [5.41, 5.74) is 2.18. The van der Waals surface area contributed by atoms with Gasteiger partial charge in [-0.2, -0.15) is 17.7 Å². The lowest BCUT2D eigenvalue weighted by atomic mass is 10.1. The minimum absolute atomic E-state index is 0.0457. The molecule has 0 unspecified atom stereocenters. The molecule has 0 atom stereocenters. The van der Waals surface area contributed by atoms with Gasteiger partial charge in [-0.3, -0.25) is 0 Å². The van der Waals surface area contributed by atoms with Crippen LogP contribution in [0.3, 0.4) is 0 Å². The summed E-state index contributed by atoms with van der Waals surface area (Å²) in [4.78, 5) is 3.20. The van der Waals surface area contributed by atoms with Gasteiger partial charge in [0.2, 0.25) is 0 Å². The van der Waals surface area contributed by atoms with Crippen LogP contribution in [0, 0.1) is 0 Å². The smallest absolute Gasteiger partial charge is 0.368 e. The van der Waals surface area contributed by atoms with Crippen LogP contribution in [-0.2, 0) is 12.6 Å². The van der Waals surface area contributed by atoms with Gasteiger partial charge in [0.05, 0.1) is 0 Å². The number of fused-ring (bicyclic) bond motifs is 2. The Morgan fingerprint density at radius 2 is 2.00 bits per heavy atom. The largest absolute Gasteiger partial charge is 0.453 e. The molecule has 2 N–H and O–H groups in total. The molecule has 4 aromatic rings. The predicted molar refractivity (Wildman–Crippen MR) is 94.0 cm³/mol. The van der Waals surface area contributed by atoms with Crippen LogP contribution in [-0.4, -0.2) is 31.3 Å². The van der Waals surface area contributed by atoms with Gasteiger partial charge >= 0.3 is 6.18 Å². The summed E-state index contributed by atoms with van der Waals surface area (Å²) in [7, 11) is 0. The molecule has 0 spiro atoms. The number of nitrogens with one attached hydrogen (secondary N) is 2. The van der Waals surface area contributed by atoms with Gasteiger partial charge in [-0.15, -0.1) is 15.3 Å². The van der Waals surface area contributed by atoms with Crippen molar-refractivity contribution in [1.82, 2.24) is 24.8 Å². The fourth-order valence-corrected chi connectivity index (χ4v) is 3.10. The van der Waals surface area contributed by atoms with Gasteiger partial charge in [-0.25, -0.2) is 0 Å². The summed E-state index contributed by atoms with van der Waals surface area (Å²) in [5.74, 6) is -0.818. The Balaban J connectivity index is 1.51. The van der Waals surface area contributed by atoms with E-state index in [1.54, 1.807) is 6.07 Å². The molecule has 3 aromatic heterocycles. The summed E-state index contributed by atoms with van der Waals surface area (Å²) in [6.07, 6.45) is -2.00.